The summed E-state index contributed by atoms with van der Waals surface area (Å²) in [5, 5.41) is 20.0. The van der Waals surface area contributed by atoms with Crippen molar-refractivity contribution in [2.75, 3.05) is 30.0 Å². The third-order valence-corrected chi connectivity index (χ3v) is 7.69. The van der Waals surface area contributed by atoms with E-state index in [-0.39, 0.29) is 44.5 Å². The first kappa shape index (κ1) is 28.4. The zero-order chi connectivity index (χ0) is 28.9. The lowest BCUT2D eigenvalue weighted by Gasteiger charge is -2.13. The van der Waals surface area contributed by atoms with Gasteiger partial charge in [-0.05, 0) is 43.3 Å². The number of carbonyl (C=O) groups excluding carboxylic acids is 1. The maximum Gasteiger partial charge on any atom is 0.337 e. The van der Waals surface area contributed by atoms with Crippen molar-refractivity contribution in [3.63, 3.8) is 0 Å². The third-order valence-electron chi connectivity index (χ3n) is 5.48. The van der Waals surface area contributed by atoms with Crippen LogP contribution in [0, 0.1) is 6.92 Å². The number of carbonyl (C=O) groups is 2. The molecule has 1 aromatic heterocycles. The lowest BCUT2D eigenvalue weighted by atomic mass is 10.1. The van der Waals surface area contributed by atoms with Crippen LogP contribution in [0.2, 0.25) is 0 Å². The van der Waals surface area contributed by atoms with Gasteiger partial charge in [0.15, 0.2) is 11.5 Å². The van der Waals surface area contributed by atoms with Crippen molar-refractivity contribution >= 4 is 45.0 Å². The van der Waals surface area contributed by atoms with Crippen LogP contribution >= 0.6 is 11.8 Å². The van der Waals surface area contributed by atoms with Crippen molar-refractivity contribution in [1.29, 1.82) is 0 Å². The summed E-state index contributed by atoms with van der Waals surface area (Å²) < 4.78 is 43.6. The van der Waals surface area contributed by atoms with E-state index in [2.05, 4.69) is 20.2 Å². The van der Waals surface area contributed by atoms with Crippen LogP contribution in [0.15, 0.2) is 75.2 Å². The molecule has 40 heavy (non-hydrogen) atoms. The van der Waals surface area contributed by atoms with Crippen LogP contribution < -0.4 is 19.5 Å². The average Bonchev–Trinajstić information content (AvgIpc) is 3.41. The van der Waals surface area contributed by atoms with Gasteiger partial charge in [-0.25, -0.2) is 13.2 Å². The number of aryl methyl sites for hydroxylation is 1. The summed E-state index contributed by atoms with van der Waals surface area (Å²) in [6.07, 6.45) is 0. The van der Waals surface area contributed by atoms with E-state index in [0.717, 1.165) is 17.3 Å². The number of carboxylic acids is 1. The van der Waals surface area contributed by atoms with E-state index in [0.29, 0.717) is 11.3 Å². The predicted octanol–water partition coefficient (Wildman–Crippen LogP) is 4.29. The molecule has 208 valence electrons. The van der Waals surface area contributed by atoms with Crippen molar-refractivity contribution < 1.29 is 37.0 Å². The van der Waals surface area contributed by atoms with Crippen LogP contribution in [0.5, 0.6) is 11.5 Å². The minimum Gasteiger partial charge on any atom is -0.493 e. The Morgan fingerprint density at radius 2 is 1.62 bits per heavy atom. The molecule has 3 aromatic carbocycles. The molecule has 0 aliphatic carbocycles. The number of amides is 1. The number of hydrogen-bond donors (Lipinski definition) is 3. The fourth-order valence-corrected chi connectivity index (χ4v) is 5.09. The van der Waals surface area contributed by atoms with Crippen molar-refractivity contribution in [1.82, 2.24) is 10.2 Å². The number of benzene rings is 3. The first-order valence-electron chi connectivity index (χ1n) is 11.5. The van der Waals surface area contributed by atoms with Gasteiger partial charge < -0.3 is 24.3 Å². The molecule has 4 rings (SSSR count). The summed E-state index contributed by atoms with van der Waals surface area (Å²) >= 11 is 0.957. The molecule has 0 saturated heterocycles. The van der Waals surface area contributed by atoms with Crippen LogP contribution in [-0.2, 0) is 14.8 Å². The first-order chi connectivity index (χ1) is 19.1. The molecule has 0 fully saturated rings. The van der Waals surface area contributed by atoms with E-state index in [4.69, 9.17) is 13.9 Å². The molecule has 0 aliphatic heterocycles. The Hall–Kier alpha value is -4.56. The van der Waals surface area contributed by atoms with Crippen molar-refractivity contribution in [2.45, 2.75) is 17.0 Å². The Kier molecular flexibility index (Phi) is 8.60. The van der Waals surface area contributed by atoms with E-state index in [1.54, 1.807) is 36.4 Å². The smallest absolute Gasteiger partial charge is 0.337 e. The maximum atomic E-state index is 12.6. The molecular weight excluding hydrogens is 560 g/mol. The van der Waals surface area contributed by atoms with Gasteiger partial charge in [-0.2, -0.15) is 0 Å². The second kappa shape index (κ2) is 12.1. The standard InChI is InChI=1S/C26H24N4O8S2/c1-15-4-10-18(11-5-15)40(34,35)30-17-8-6-16(7-9-17)24-28-29-26(38-24)39-14-23(31)27-20-13-22(37-3)21(36-2)12-19(20)25(32)33/h4-13,30H,14H2,1-3H3,(H,27,31)(H,32,33). The van der Waals surface area contributed by atoms with Gasteiger partial charge in [-0.1, -0.05) is 29.5 Å². The number of nitrogens with zero attached hydrogens (tertiary/aromatic N) is 2. The molecule has 0 aliphatic rings. The van der Waals surface area contributed by atoms with Gasteiger partial charge in [-0.3, -0.25) is 9.52 Å². The molecule has 0 spiro atoms. The number of sulfonamides is 1. The molecule has 14 heteroatoms. The van der Waals surface area contributed by atoms with Crippen LogP contribution in [-0.4, -0.2) is 55.6 Å². The van der Waals surface area contributed by atoms with E-state index >= 15 is 0 Å². The van der Waals surface area contributed by atoms with Crippen LogP contribution in [0.3, 0.4) is 0 Å². The molecule has 0 bridgehead atoms. The summed E-state index contributed by atoms with van der Waals surface area (Å²) in [5.74, 6) is -1.27. The fourth-order valence-electron chi connectivity index (χ4n) is 3.47. The monoisotopic (exact) mass is 584 g/mol. The molecule has 3 N–H and O–H groups in total. The quantitative estimate of drug-likeness (QED) is 0.215. The van der Waals surface area contributed by atoms with Gasteiger partial charge in [0.2, 0.25) is 11.8 Å². The molecule has 12 nitrogen and oxygen atoms in total. The minimum absolute atomic E-state index is 0.0417. The van der Waals surface area contributed by atoms with Crippen LogP contribution in [0.25, 0.3) is 11.5 Å². The molecular formula is C26H24N4O8S2. The topological polar surface area (TPSA) is 170 Å². The second-order valence-electron chi connectivity index (χ2n) is 8.26. The summed E-state index contributed by atoms with van der Waals surface area (Å²) in [7, 11) is -0.978. The minimum atomic E-state index is -3.75. The summed E-state index contributed by atoms with van der Waals surface area (Å²) in [6, 6.07) is 15.5. The van der Waals surface area contributed by atoms with Gasteiger partial charge in [-0.15, -0.1) is 10.2 Å². The first-order valence-corrected chi connectivity index (χ1v) is 14.0. The number of nitrogens with one attached hydrogen (secondary N) is 2. The zero-order valence-electron chi connectivity index (χ0n) is 21.5. The average molecular weight is 585 g/mol. The highest BCUT2D eigenvalue weighted by atomic mass is 32.2. The number of ether oxygens (including phenoxy) is 2. The molecule has 0 radical (unpaired) electrons. The van der Waals surface area contributed by atoms with E-state index in [1.165, 1.54) is 38.5 Å². The Morgan fingerprint density at radius 1 is 0.975 bits per heavy atom. The summed E-state index contributed by atoms with van der Waals surface area (Å²) in [4.78, 5) is 24.3. The van der Waals surface area contributed by atoms with E-state index < -0.39 is 21.9 Å². The second-order valence-corrected chi connectivity index (χ2v) is 10.9. The number of rotatable bonds is 11. The molecule has 4 aromatic rings. The number of aromatic nitrogens is 2. The molecule has 0 saturated carbocycles. The summed E-state index contributed by atoms with van der Waals surface area (Å²) in [6.45, 7) is 1.87. The Morgan fingerprint density at radius 3 is 2.25 bits per heavy atom. The number of thioether (sulfide) groups is 1. The van der Waals surface area contributed by atoms with Crippen molar-refractivity contribution in [3.8, 4) is 23.0 Å². The molecule has 0 unspecified atom stereocenters. The predicted molar refractivity (Wildman–Crippen MR) is 148 cm³/mol. The summed E-state index contributed by atoms with van der Waals surface area (Å²) in [5.41, 5.74) is 1.72. The Bertz CT molecular complexity index is 1640. The zero-order valence-corrected chi connectivity index (χ0v) is 23.1. The highest BCUT2D eigenvalue weighted by Crippen LogP contribution is 2.34. The lowest BCUT2D eigenvalue weighted by Crippen LogP contribution is -2.17. The number of hydrogen-bond acceptors (Lipinski definition) is 10. The fraction of sp³-hybridized carbons (Fsp3) is 0.154. The SMILES string of the molecule is COc1cc(NC(=O)CSc2nnc(-c3ccc(NS(=O)(=O)c4ccc(C)cc4)cc3)o2)c(C(=O)O)cc1OC. The number of carboxylic acid groups (broad SMARTS) is 1. The van der Waals surface area contributed by atoms with Crippen LogP contribution in [0.1, 0.15) is 15.9 Å². The lowest BCUT2D eigenvalue weighted by molar-refractivity contribution is -0.113. The molecule has 1 heterocycles. The van der Waals surface area contributed by atoms with Gasteiger partial charge >= 0.3 is 5.97 Å². The molecule has 0 atom stereocenters. The highest BCUT2D eigenvalue weighted by Gasteiger charge is 2.19. The van der Waals surface area contributed by atoms with E-state index in [9.17, 15) is 23.1 Å². The van der Waals surface area contributed by atoms with E-state index in [1.807, 2.05) is 6.92 Å². The van der Waals surface area contributed by atoms with Gasteiger partial charge in [0.1, 0.15) is 0 Å². The largest absolute Gasteiger partial charge is 0.493 e. The Balaban J connectivity index is 1.38. The molecule has 1 amide bonds. The Labute approximate surface area is 233 Å². The maximum absolute atomic E-state index is 12.6. The van der Waals surface area contributed by atoms with Crippen LogP contribution in [0.4, 0.5) is 11.4 Å². The number of anilines is 2. The highest BCUT2D eigenvalue weighted by molar-refractivity contribution is 7.99. The van der Waals surface area contributed by atoms with Gasteiger partial charge in [0.05, 0.1) is 36.1 Å². The van der Waals surface area contributed by atoms with Gasteiger partial charge in [0.25, 0.3) is 15.2 Å². The van der Waals surface area contributed by atoms with Crippen molar-refractivity contribution in [3.05, 3.63) is 71.8 Å². The number of aromatic carboxylic acids is 1. The number of methoxy groups -OCH3 is 2. The van der Waals surface area contributed by atoms with Gasteiger partial charge in [0, 0.05) is 23.4 Å². The van der Waals surface area contributed by atoms with Crippen molar-refractivity contribution in [2.24, 2.45) is 0 Å². The third kappa shape index (κ3) is 6.71. The normalized spacial score (nSPS) is 11.1.